The highest BCUT2D eigenvalue weighted by Gasteiger charge is 2.27. The Balaban J connectivity index is 1.98. The van der Waals surface area contributed by atoms with Crippen LogP contribution in [0.5, 0.6) is 5.75 Å². The second kappa shape index (κ2) is 8.85. The molecular weight excluding hydrogens is 266 g/mol. The Hall–Kier alpha value is -1.33. The van der Waals surface area contributed by atoms with Crippen molar-refractivity contribution in [2.45, 2.75) is 32.2 Å². The van der Waals surface area contributed by atoms with Crippen molar-refractivity contribution in [3.63, 3.8) is 0 Å². The van der Waals surface area contributed by atoms with Gasteiger partial charge in [-0.05, 0) is 31.4 Å². The molecule has 21 heavy (non-hydrogen) atoms. The summed E-state index contributed by atoms with van der Waals surface area (Å²) in [5, 5.41) is 3.46. The first kappa shape index (κ1) is 16.0. The molecule has 1 saturated heterocycles. The molecule has 2 heterocycles. The Kier molecular flexibility index (Phi) is 6.76. The summed E-state index contributed by atoms with van der Waals surface area (Å²) in [5.74, 6) is 1.89. The number of ether oxygens (including phenoxy) is 2. The highest BCUT2D eigenvalue weighted by Crippen LogP contribution is 2.31. The highest BCUT2D eigenvalue weighted by molar-refractivity contribution is 5.53. The number of aromatic nitrogens is 1. The van der Waals surface area contributed by atoms with Gasteiger partial charge in [0.05, 0.1) is 13.2 Å². The second-order valence-electron chi connectivity index (χ2n) is 5.36. The Morgan fingerprint density at radius 1 is 1.43 bits per heavy atom. The van der Waals surface area contributed by atoms with Gasteiger partial charge in [-0.2, -0.15) is 0 Å². The molecule has 118 valence electrons. The van der Waals surface area contributed by atoms with Crippen LogP contribution in [-0.4, -0.2) is 51.0 Å². The molecule has 0 radical (unpaired) electrons. The van der Waals surface area contributed by atoms with Crippen LogP contribution in [-0.2, 0) is 4.74 Å². The van der Waals surface area contributed by atoms with E-state index in [-0.39, 0.29) is 0 Å². The maximum atomic E-state index is 5.85. The molecule has 0 amide bonds. The zero-order valence-corrected chi connectivity index (χ0v) is 13.2. The van der Waals surface area contributed by atoms with Crippen molar-refractivity contribution in [2.75, 3.05) is 44.9 Å². The number of hydrogen-bond donors (Lipinski definition) is 1. The maximum Gasteiger partial charge on any atom is 0.171 e. The van der Waals surface area contributed by atoms with E-state index in [1.807, 2.05) is 18.3 Å². The van der Waals surface area contributed by atoms with E-state index < -0.39 is 0 Å². The van der Waals surface area contributed by atoms with Gasteiger partial charge >= 0.3 is 0 Å². The summed E-state index contributed by atoms with van der Waals surface area (Å²) in [6.45, 7) is 6.52. The number of pyridine rings is 1. The first-order chi connectivity index (χ1) is 10.4. The predicted octanol–water partition coefficient (Wildman–Crippen LogP) is 2.08. The molecule has 2 rings (SSSR count). The van der Waals surface area contributed by atoms with Crippen LogP contribution in [0.15, 0.2) is 18.3 Å². The number of nitrogens with one attached hydrogen (secondary N) is 1. The number of methoxy groups -OCH3 is 1. The Bertz CT molecular complexity index is 414. The zero-order valence-electron chi connectivity index (χ0n) is 13.2. The summed E-state index contributed by atoms with van der Waals surface area (Å²) < 4.78 is 10.9. The average Bonchev–Trinajstić information content (AvgIpc) is 2.98. The minimum atomic E-state index is 0.487. The van der Waals surface area contributed by atoms with Gasteiger partial charge in [-0.25, -0.2) is 4.98 Å². The fraction of sp³-hybridized carbons (Fsp3) is 0.688. The monoisotopic (exact) mass is 293 g/mol. The smallest absolute Gasteiger partial charge is 0.171 e. The van der Waals surface area contributed by atoms with Crippen molar-refractivity contribution < 1.29 is 9.47 Å². The molecule has 0 spiro atoms. The third kappa shape index (κ3) is 4.58. The van der Waals surface area contributed by atoms with Crippen molar-refractivity contribution in [3.8, 4) is 5.75 Å². The largest absolute Gasteiger partial charge is 0.490 e. The van der Waals surface area contributed by atoms with Crippen LogP contribution in [0, 0.1) is 0 Å². The molecule has 1 unspecified atom stereocenters. The number of anilines is 1. The molecule has 1 atom stereocenters. The summed E-state index contributed by atoms with van der Waals surface area (Å²) in [4.78, 5) is 6.94. The van der Waals surface area contributed by atoms with Crippen LogP contribution in [0.4, 0.5) is 5.82 Å². The van der Waals surface area contributed by atoms with Gasteiger partial charge in [-0.3, -0.25) is 0 Å². The molecule has 1 aliphatic rings. The minimum absolute atomic E-state index is 0.487. The molecule has 0 aromatic carbocycles. The van der Waals surface area contributed by atoms with Gasteiger partial charge < -0.3 is 19.7 Å². The molecule has 0 bridgehead atoms. The van der Waals surface area contributed by atoms with Crippen molar-refractivity contribution in [1.29, 1.82) is 0 Å². The van der Waals surface area contributed by atoms with Crippen molar-refractivity contribution >= 4 is 5.82 Å². The fourth-order valence-electron chi connectivity index (χ4n) is 2.69. The van der Waals surface area contributed by atoms with E-state index in [0.29, 0.717) is 6.04 Å². The summed E-state index contributed by atoms with van der Waals surface area (Å²) >= 11 is 0. The highest BCUT2D eigenvalue weighted by atomic mass is 16.5. The Morgan fingerprint density at radius 3 is 3.14 bits per heavy atom. The standard InChI is InChI=1S/C16H27N3O2/c1-3-11-21-15-7-4-8-18-16(15)19-10-5-6-14(19)13-17-9-12-20-2/h4,7-8,14,17H,3,5-6,9-13H2,1-2H3. The second-order valence-corrected chi connectivity index (χ2v) is 5.36. The van der Waals surface area contributed by atoms with E-state index in [1.54, 1.807) is 7.11 Å². The predicted molar refractivity (Wildman–Crippen MR) is 85.1 cm³/mol. The molecule has 1 aromatic rings. The van der Waals surface area contributed by atoms with Gasteiger partial charge in [-0.15, -0.1) is 0 Å². The van der Waals surface area contributed by atoms with Gasteiger partial charge in [0.25, 0.3) is 0 Å². The number of hydrogen-bond acceptors (Lipinski definition) is 5. The lowest BCUT2D eigenvalue weighted by Gasteiger charge is -2.27. The van der Waals surface area contributed by atoms with E-state index >= 15 is 0 Å². The quantitative estimate of drug-likeness (QED) is 0.706. The molecule has 1 aliphatic heterocycles. The molecule has 0 aliphatic carbocycles. The SMILES string of the molecule is CCCOc1cccnc1N1CCCC1CNCCOC. The molecule has 1 N–H and O–H groups in total. The van der Waals surface area contributed by atoms with Crippen LogP contribution < -0.4 is 15.0 Å². The third-order valence-electron chi connectivity index (χ3n) is 3.72. The molecular formula is C16H27N3O2. The first-order valence-electron chi connectivity index (χ1n) is 7.91. The van der Waals surface area contributed by atoms with E-state index in [1.165, 1.54) is 12.8 Å². The zero-order chi connectivity index (χ0) is 14.9. The minimum Gasteiger partial charge on any atom is -0.490 e. The molecule has 0 saturated carbocycles. The lowest BCUT2D eigenvalue weighted by Crippen LogP contribution is -2.39. The summed E-state index contributed by atoms with van der Waals surface area (Å²) in [6.07, 6.45) is 5.27. The van der Waals surface area contributed by atoms with Crippen LogP contribution in [0.25, 0.3) is 0 Å². The van der Waals surface area contributed by atoms with Gasteiger partial charge in [0.1, 0.15) is 0 Å². The molecule has 5 heteroatoms. The van der Waals surface area contributed by atoms with Crippen molar-refractivity contribution in [3.05, 3.63) is 18.3 Å². The topological polar surface area (TPSA) is 46.6 Å². The Labute approximate surface area is 127 Å². The molecule has 5 nitrogen and oxygen atoms in total. The van der Waals surface area contributed by atoms with Gasteiger partial charge in [0.2, 0.25) is 0 Å². The third-order valence-corrected chi connectivity index (χ3v) is 3.72. The summed E-state index contributed by atoms with van der Waals surface area (Å²) in [5.41, 5.74) is 0. The number of nitrogens with zero attached hydrogens (tertiary/aromatic N) is 2. The lowest BCUT2D eigenvalue weighted by atomic mass is 10.2. The van der Waals surface area contributed by atoms with Crippen LogP contribution in [0.3, 0.4) is 0 Å². The van der Waals surface area contributed by atoms with Crippen LogP contribution in [0.1, 0.15) is 26.2 Å². The lowest BCUT2D eigenvalue weighted by molar-refractivity contribution is 0.199. The fourth-order valence-corrected chi connectivity index (χ4v) is 2.69. The van der Waals surface area contributed by atoms with E-state index in [4.69, 9.17) is 9.47 Å². The van der Waals surface area contributed by atoms with Crippen molar-refractivity contribution in [1.82, 2.24) is 10.3 Å². The molecule has 1 fully saturated rings. The van der Waals surface area contributed by atoms with Crippen molar-refractivity contribution in [2.24, 2.45) is 0 Å². The van der Waals surface area contributed by atoms with Gasteiger partial charge in [0, 0.05) is 39.0 Å². The van der Waals surface area contributed by atoms with E-state index in [9.17, 15) is 0 Å². The first-order valence-corrected chi connectivity index (χ1v) is 7.91. The maximum absolute atomic E-state index is 5.85. The van der Waals surface area contributed by atoms with Crippen LogP contribution >= 0.6 is 0 Å². The summed E-state index contributed by atoms with van der Waals surface area (Å²) in [7, 11) is 1.73. The summed E-state index contributed by atoms with van der Waals surface area (Å²) in [6, 6.07) is 4.45. The number of rotatable bonds is 9. The van der Waals surface area contributed by atoms with Gasteiger partial charge in [0.15, 0.2) is 11.6 Å². The average molecular weight is 293 g/mol. The van der Waals surface area contributed by atoms with Crippen LogP contribution in [0.2, 0.25) is 0 Å². The normalized spacial score (nSPS) is 18.2. The van der Waals surface area contributed by atoms with Gasteiger partial charge in [-0.1, -0.05) is 6.92 Å². The van der Waals surface area contributed by atoms with E-state index in [0.717, 1.165) is 50.8 Å². The van der Waals surface area contributed by atoms with E-state index in [2.05, 4.69) is 22.1 Å². The Morgan fingerprint density at radius 2 is 2.33 bits per heavy atom. The molecule has 1 aromatic heterocycles.